The zero-order valence-corrected chi connectivity index (χ0v) is 12.7. The van der Waals surface area contributed by atoms with Gasteiger partial charge in [-0.2, -0.15) is 0 Å². The fourth-order valence-corrected chi connectivity index (χ4v) is 2.98. The summed E-state index contributed by atoms with van der Waals surface area (Å²) in [7, 11) is 1.81. The molecule has 3 rings (SSSR count). The molecular weight excluding hydrogens is 264 g/mol. The van der Waals surface area contributed by atoms with Gasteiger partial charge in [-0.05, 0) is 49.4 Å². The van der Waals surface area contributed by atoms with Crippen LogP contribution in [0, 0.1) is 0 Å². The summed E-state index contributed by atoms with van der Waals surface area (Å²) in [6.07, 6.45) is 5.57. The van der Waals surface area contributed by atoms with Crippen LogP contribution < -0.4 is 5.73 Å². The Bertz CT molecular complexity index is 675. The maximum Gasteiger partial charge on any atom is 0.227 e. The van der Waals surface area contributed by atoms with Crippen molar-refractivity contribution in [3.05, 3.63) is 35.1 Å². The monoisotopic (exact) mass is 286 g/mol. The van der Waals surface area contributed by atoms with Gasteiger partial charge >= 0.3 is 0 Å². The van der Waals surface area contributed by atoms with Crippen molar-refractivity contribution in [3.8, 4) is 0 Å². The molecule has 2 aromatic rings. The first-order valence-corrected chi connectivity index (χ1v) is 7.57. The van der Waals surface area contributed by atoms with Gasteiger partial charge in [0.25, 0.3) is 0 Å². The third-order valence-electron chi connectivity index (χ3n) is 4.61. The smallest absolute Gasteiger partial charge is 0.227 e. The molecule has 0 spiro atoms. The Labute approximate surface area is 124 Å². The fourth-order valence-electron chi connectivity index (χ4n) is 2.98. The molecule has 1 aromatic carbocycles. The SMILES string of the molecule is CC(CN)N(C)C(=O)Cc1coc2cc3c(cc12)CCC3. The summed E-state index contributed by atoms with van der Waals surface area (Å²) in [6.45, 7) is 2.43. The van der Waals surface area contributed by atoms with Crippen molar-refractivity contribution < 1.29 is 9.21 Å². The molecule has 1 heterocycles. The van der Waals surface area contributed by atoms with Crippen LogP contribution in [0.25, 0.3) is 11.0 Å². The van der Waals surface area contributed by atoms with Gasteiger partial charge in [-0.3, -0.25) is 4.79 Å². The van der Waals surface area contributed by atoms with Crippen LogP contribution in [-0.2, 0) is 24.1 Å². The zero-order chi connectivity index (χ0) is 15.0. The number of hydrogen-bond acceptors (Lipinski definition) is 3. The van der Waals surface area contributed by atoms with Gasteiger partial charge in [-0.15, -0.1) is 0 Å². The summed E-state index contributed by atoms with van der Waals surface area (Å²) in [6, 6.07) is 4.40. The number of carbonyl (C=O) groups excluding carboxylic acids is 1. The van der Waals surface area contributed by atoms with Gasteiger partial charge in [-0.1, -0.05) is 0 Å². The number of likely N-dealkylation sites (N-methyl/N-ethyl adjacent to an activating group) is 1. The van der Waals surface area contributed by atoms with E-state index in [2.05, 4.69) is 12.1 Å². The zero-order valence-electron chi connectivity index (χ0n) is 12.7. The van der Waals surface area contributed by atoms with E-state index in [1.165, 1.54) is 17.5 Å². The Hall–Kier alpha value is -1.81. The molecule has 0 saturated heterocycles. The maximum atomic E-state index is 12.3. The molecule has 1 aliphatic rings. The number of benzene rings is 1. The number of amides is 1. The van der Waals surface area contributed by atoms with E-state index in [0.717, 1.165) is 29.4 Å². The Morgan fingerprint density at radius 1 is 1.38 bits per heavy atom. The summed E-state index contributed by atoms with van der Waals surface area (Å²) in [4.78, 5) is 14.0. The fraction of sp³-hybridized carbons (Fsp3) is 0.471. The average molecular weight is 286 g/mol. The van der Waals surface area contributed by atoms with Crippen molar-refractivity contribution in [1.82, 2.24) is 4.90 Å². The van der Waals surface area contributed by atoms with Crippen LogP contribution >= 0.6 is 0 Å². The average Bonchev–Trinajstić information content (AvgIpc) is 3.10. The van der Waals surface area contributed by atoms with Crippen LogP contribution in [-0.4, -0.2) is 30.4 Å². The van der Waals surface area contributed by atoms with Crippen molar-refractivity contribution in [2.45, 2.75) is 38.6 Å². The van der Waals surface area contributed by atoms with Gasteiger partial charge in [-0.25, -0.2) is 0 Å². The third kappa shape index (κ3) is 2.56. The van der Waals surface area contributed by atoms with E-state index in [9.17, 15) is 4.79 Å². The lowest BCUT2D eigenvalue weighted by atomic mass is 10.0. The Kier molecular flexibility index (Phi) is 3.72. The van der Waals surface area contributed by atoms with Crippen molar-refractivity contribution in [2.75, 3.05) is 13.6 Å². The second-order valence-electron chi connectivity index (χ2n) is 6.00. The highest BCUT2D eigenvalue weighted by Gasteiger charge is 2.19. The second-order valence-corrected chi connectivity index (χ2v) is 6.00. The number of rotatable bonds is 4. The van der Waals surface area contributed by atoms with E-state index >= 15 is 0 Å². The van der Waals surface area contributed by atoms with E-state index in [1.54, 1.807) is 18.2 Å². The van der Waals surface area contributed by atoms with E-state index in [-0.39, 0.29) is 11.9 Å². The Morgan fingerprint density at radius 3 is 2.81 bits per heavy atom. The van der Waals surface area contributed by atoms with Gasteiger partial charge in [0.1, 0.15) is 5.58 Å². The van der Waals surface area contributed by atoms with Gasteiger partial charge in [0.05, 0.1) is 12.7 Å². The van der Waals surface area contributed by atoms with Crippen molar-refractivity contribution in [3.63, 3.8) is 0 Å². The Morgan fingerprint density at radius 2 is 2.10 bits per heavy atom. The topological polar surface area (TPSA) is 59.5 Å². The Balaban J connectivity index is 1.86. The standard InChI is InChI=1S/C17H22N2O2/c1-11(9-18)19(2)17(20)8-14-10-21-16-7-13-5-3-4-12(13)6-15(14)16/h6-7,10-11H,3-5,8-9,18H2,1-2H3. The van der Waals surface area contributed by atoms with Gasteiger partial charge in [0.2, 0.25) is 5.91 Å². The molecule has 2 N–H and O–H groups in total. The van der Waals surface area contributed by atoms with Crippen LogP contribution in [0.1, 0.15) is 30.0 Å². The lowest BCUT2D eigenvalue weighted by Crippen LogP contribution is -2.40. The summed E-state index contributed by atoms with van der Waals surface area (Å²) in [5, 5.41) is 1.08. The normalized spacial score (nSPS) is 15.2. The molecule has 112 valence electrons. The number of nitrogens with zero attached hydrogens (tertiary/aromatic N) is 1. The number of hydrogen-bond donors (Lipinski definition) is 1. The molecule has 1 unspecified atom stereocenters. The minimum Gasteiger partial charge on any atom is -0.464 e. The van der Waals surface area contributed by atoms with Crippen LogP contribution in [0.15, 0.2) is 22.8 Å². The summed E-state index contributed by atoms with van der Waals surface area (Å²) >= 11 is 0. The molecular formula is C17H22N2O2. The van der Waals surface area contributed by atoms with Crippen molar-refractivity contribution in [1.29, 1.82) is 0 Å². The van der Waals surface area contributed by atoms with Crippen LogP contribution in [0.4, 0.5) is 0 Å². The highest BCUT2D eigenvalue weighted by molar-refractivity contribution is 5.88. The molecule has 4 heteroatoms. The highest BCUT2D eigenvalue weighted by atomic mass is 16.3. The molecule has 1 aliphatic carbocycles. The van der Waals surface area contributed by atoms with Crippen molar-refractivity contribution >= 4 is 16.9 Å². The summed E-state index contributed by atoms with van der Waals surface area (Å²) in [5.41, 5.74) is 10.3. The quantitative estimate of drug-likeness (QED) is 0.938. The first-order chi connectivity index (χ1) is 10.1. The predicted molar refractivity (Wildman–Crippen MR) is 83.2 cm³/mol. The van der Waals surface area contributed by atoms with Crippen LogP contribution in [0.5, 0.6) is 0 Å². The van der Waals surface area contributed by atoms with E-state index in [4.69, 9.17) is 10.2 Å². The minimum atomic E-state index is 0.0555. The second kappa shape index (κ2) is 5.53. The molecule has 21 heavy (non-hydrogen) atoms. The molecule has 1 amide bonds. The molecule has 0 fully saturated rings. The van der Waals surface area contributed by atoms with Gasteiger partial charge in [0, 0.05) is 30.6 Å². The minimum absolute atomic E-state index is 0.0555. The summed E-state index contributed by atoms with van der Waals surface area (Å²) < 4.78 is 5.65. The first-order valence-electron chi connectivity index (χ1n) is 7.57. The molecule has 0 radical (unpaired) electrons. The van der Waals surface area contributed by atoms with Gasteiger partial charge < -0.3 is 15.1 Å². The molecule has 4 nitrogen and oxygen atoms in total. The van der Waals surface area contributed by atoms with Gasteiger partial charge in [0.15, 0.2) is 0 Å². The van der Waals surface area contributed by atoms with E-state index < -0.39 is 0 Å². The lowest BCUT2D eigenvalue weighted by Gasteiger charge is -2.23. The molecule has 1 aromatic heterocycles. The highest BCUT2D eigenvalue weighted by Crippen LogP contribution is 2.30. The number of furan rings is 1. The number of nitrogens with two attached hydrogens (primary N) is 1. The van der Waals surface area contributed by atoms with Crippen molar-refractivity contribution in [2.24, 2.45) is 5.73 Å². The molecule has 1 atom stereocenters. The van der Waals surface area contributed by atoms with Crippen LogP contribution in [0.2, 0.25) is 0 Å². The largest absolute Gasteiger partial charge is 0.464 e. The molecule has 0 saturated carbocycles. The number of fused-ring (bicyclic) bond motifs is 2. The number of carbonyl (C=O) groups is 1. The van der Waals surface area contributed by atoms with Crippen LogP contribution in [0.3, 0.4) is 0 Å². The maximum absolute atomic E-state index is 12.3. The summed E-state index contributed by atoms with van der Waals surface area (Å²) in [5.74, 6) is 0.0798. The predicted octanol–water partition coefficient (Wildman–Crippen LogP) is 2.27. The first kappa shape index (κ1) is 14.1. The molecule has 0 aliphatic heterocycles. The number of aryl methyl sites for hydroxylation is 2. The van der Waals surface area contributed by atoms with E-state index in [1.807, 2.05) is 6.92 Å². The lowest BCUT2D eigenvalue weighted by molar-refractivity contribution is -0.130. The third-order valence-corrected chi connectivity index (χ3v) is 4.61. The van der Waals surface area contributed by atoms with E-state index in [0.29, 0.717) is 13.0 Å². The molecule has 0 bridgehead atoms.